The summed E-state index contributed by atoms with van der Waals surface area (Å²) in [7, 11) is 0. The summed E-state index contributed by atoms with van der Waals surface area (Å²) in [5, 5.41) is 0. The Hall–Kier alpha value is -1.94. The molecule has 100 valence electrons. The van der Waals surface area contributed by atoms with Crippen molar-refractivity contribution in [1.29, 1.82) is 0 Å². The van der Waals surface area contributed by atoms with Crippen LogP contribution in [0.4, 0.5) is 5.82 Å². The number of anilines is 1. The van der Waals surface area contributed by atoms with Gasteiger partial charge in [0.2, 0.25) is 0 Å². The lowest BCUT2D eigenvalue weighted by atomic mass is 10.1. The summed E-state index contributed by atoms with van der Waals surface area (Å²) in [6.45, 7) is 6.35. The molecule has 0 fully saturated rings. The van der Waals surface area contributed by atoms with Crippen molar-refractivity contribution in [3.8, 4) is 11.4 Å². The highest BCUT2D eigenvalue weighted by atomic mass is 15.3. The summed E-state index contributed by atoms with van der Waals surface area (Å²) < 4.78 is 0. The molecule has 0 atom stereocenters. The van der Waals surface area contributed by atoms with Crippen molar-refractivity contribution in [2.45, 2.75) is 33.1 Å². The predicted molar refractivity (Wildman–Crippen MR) is 78.7 cm³/mol. The number of hydrogen-bond donors (Lipinski definition) is 2. The predicted octanol–water partition coefficient (Wildman–Crippen LogP) is 3.12. The minimum absolute atomic E-state index is 0.337. The molecular weight excluding hydrogens is 236 g/mol. The van der Waals surface area contributed by atoms with Crippen molar-refractivity contribution in [3.05, 3.63) is 41.6 Å². The molecule has 0 bridgehead atoms. The van der Waals surface area contributed by atoms with Crippen molar-refractivity contribution in [3.63, 3.8) is 0 Å². The van der Waals surface area contributed by atoms with Crippen LogP contribution in [0.25, 0.3) is 11.4 Å². The Morgan fingerprint density at radius 3 is 2.37 bits per heavy atom. The molecule has 3 N–H and O–H groups in total. The third kappa shape index (κ3) is 3.09. The van der Waals surface area contributed by atoms with E-state index in [-0.39, 0.29) is 0 Å². The largest absolute Gasteiger partial charge is 0.308 e. The molecule has 4 heteroatoms. The van der Waals surface area contributed by atoms with E-state index < -0.39 is 0 Å². The number of aromatic nitrogens is 2. The van der Waals surface area contributed by atoms with Crippen LogP contribution in [0.2, 0.25) is 0 Å². The zero-order valence-corrected chi connectivity index (χ0v) is 11.6. The van der Waals surface area contributed by atoms with Gasteiger partial charge in [0.25, 0.3) is 0 Å². The van der Waals surface area contributed by atoms with Crippen molar-refractivity contribution < 1.29 is 0 Å². The summed E-state index contributed by atoms with van der Waals surface area (Å²) in [5.41, 5.74) is 5.90. The molecule has 1 aromatic heterocycles. The number of aryl methyl sites for hydroxylation is 1. The van der Waals surface area contributed by atoms with Crippen LogP contribution in [0.3, 0.4) is 0 Å². The van der Waals surface area contributed by atoms with Crippen LogP contribution >= 0.6 is 0 Å². The van der Waals surface area contributed by atoms with Crippen molar-refractivity contribution in [2.24, 2.45) is 5.84 Å². The second kappa shape index (κ2) is 5.80. The van der Waals surface area contributed by atoms with Crippen LogP contribution in [-0.4, -0.2) is 9.97 Å². The van der Waals surface area contributed by atoms with E-state index in [0.717, 1.165) is 17.7 Å². The Bertz CT molecular complexity index is 547. The molecule has 0 saturated carbocycles. The monoisotopic (exact) mass is 256 g/mol. The van der Waals surface area contributed by atoms with E-state index in [1.54, 1.807) is 0 Å². The SMILES string of the molecule is CCc1ccc(-c2nc(NN)cc(C(C)C)n2)cc1. The molecule has 2 aromatic rings. The molecule has 2 rings (SSSR count). The molecular formula is C15H20N4. The molecule has 0 aliphatic carbocycles. The summed E-state index contributed by atoms with van der Waals surface area (Å²) in [6, 6.07) is 10.2. The zero-order chi connectivity index (χ0) is 13.8. The Balaban J connectivity index is 2.44. The van der Waals surface area contributed by atoms with Gasteiger partial charge in [-0.2, -0.15) is 0 Å². The van der Waals surface area contributed by atoms with Crippen molar-refractivity contribution in [2.75, 3.05) is 5.43 Å². The first-order chi connectivity index (χ1) is 9.13. The van der Waals surface area contributed by atoms with E-state index in [1.807, 2.05) is 6.07 Å². The van der Waals surface area contributed by atoms with Gasteiger partial charge in [0.05, 0.1) is 0 Å². The van der Waals surface area contributed by atoms with Crippen LogP contribution in [0, 0.1) is 0 Å². The molecule has 0 aliphatic rings. The molecule has 19 heavy (non-hydrogen) atoms. The Morgan fingerprint density at radius 2 is 1.84 bits per heavy atom. The lowest BCUT2D eigenvalue weighted by Gasteiger charge is -2.10. The van der Waals surface area contributed by atoms with E-state index in [1.165, 1.54) is 5.56 Å². The van der Waals surface area contributed by atoms with E-state index in [2.05, 4.69) is 60.4 Å². The van der Waals surface area contributed by atoms with Crippen LogP contribution in [0.1, 0.15) is 37.9 Å². The number of rotatable bonds is 4. The average molecular weight is 256 g/mol. The molecule has 0 aliphatic heterocycles. The summed E-state index contributed by atoms with van der Waals surface area (Å²) in [5.74, 6) is 7.16. The maximum atomic E-state index is 5.47. The number of nitrogens with one attached hydrogen (secondary N) is 1. The lowest BCUT2D eigenvalue weighted by Crippen LogP contribution is -2.11. The molecule has 0 spiro atoms. The highest BCUT2D eigenvalue weighted by molar-refractivity contribution is 5.58. The van der Waals surface area contributed by atoms with Gasteiger partial charge in [-0.05, 0) is 17.9 Å². The number of nitrogens with two attached hydrogens (primary N) is 1. The standard InChI is InChI=1S/C15H20N4/c1-4-11-5-7-12(8-6-11)15-17-13(10(2)3)9-14(18-15)19-16/h5-10H,4,16H2,1-3H3,(H,17,18,19). The topological polar surface area (TPSA) is 63.8 Å². The van der Waals surface area contributed by atoms with Gasteiger partial charge in [-0.1, -0.05) is 45.0 Å². The third-order valence-electron chi connectivity index (χ3n) is 3.11. The maximum Gasteiger partial charge on any atom is 0.161 e. The normalized spacial score (nSPS) is 10.8. The Kier molecular flexibility index (Phi) is 4.12. The van der Waals surface area contributed by atoms with Gasteiger partial charge >= 0.3 is 0 Å². The fraction of sp³-hybridized carbons (Fsp3) is 0.333. The zero-order valence-electron chi connectivity index (χ0n) is 11.6. The average Bonchev–Trinajstić information content (AvgIpc) is 2.46. The van der Waals surface area contributed by atoms with Gasteiger partial charge < -0.3 is 5.43 Å². The van der Waals surface area contributed by atoms with Gasteiger partial charge in [0.1, 0.15) is 5.82 Å². The van der Waals surface area contributed by atoms with Crippen molar-refractivity contribution in [1.82, 2.24) is 9.97 Å². The second-order valence-corrected chi connectivity index (χ2v) is 4.85. The van der Waals surface area contributed by atoms with E-state index >= 15 is 0 Å². The number of benzene rings is 1. The van der Waals surface area contributed by atoms with Crippen molar-refractivity contribution >= 4 is 5.82 Å². The summed E-state index contributed by atoms with van der Waals surface area (Å²) in [4.78, 5) is 9.01. The van der Waals surface area contributed by atoms with Crippen LogP contribution < -0.4 is 11.3 Å². The summed E-state index contributed by atoms with van der Waals surface area (Å²) in [6.07, 6.45) is 1.03. The van der Waals surface area contributed by atoms with Gasteiger partial charge in [-0.3, -0.25) is 0 Å². The van der Waals surface area contributed by atoms with E-state index in [0.29, 0.717) is 17.6 Å². The Morgan fingerprint density at radius 1 is 1.16 bits per heavy atom. The number of nitrogen functional groups attached to an aromatic ring is 1. The molecule has 0 saturated heterocycles. The first-order valence-electron chi connectivity index (χ1n) is 6.59. The Labute approximate surface area is 114 Å². The third-order valence-corrected chi connectivity index (χ3v) is 3.11. The second-order valence-electron chi connectivity index (χ2n) is 4.85. The van der Waals surface area contributed by atoms with Crippen LogP contribution in [0.15, 0.2) is 30.3 Å². The molecule has 0 amide bonds. The molecule has 1 heterocycles. The quantitative estimate of drug-likeness (QED) is 0.651. The van der Waals surface area contributed by atoms with Crippen LogP contribution in [-0.2, 0) is 6.42 Å². The van der Waals surface area contributed by atoms with Crippen LogP contribution in [0.5, 0.6) is 0 Å². The number of hydrogen-bond acceptors (Lipinski definition) is 4. The molecule has 4 nitrogen and oxygen atoms in total. The molecule has 0 unspecified atom stereocenters. The van der Waals surface area contributed by atoms with Gasteiger partial charge in [0, 0.05) is 17.3 Å². The number of hydrazine groups is 1. The molecule has 0 radical (unpaired) electrons. The highest BCUT2D eigenvalue weighted by Gasteiger charge is 2.09. The maximum absolute atomic E-state index is 5.47. The fourth-order valence-corrected chi connectivity index (χ4v) is 1.85. The van der Waals surface area contributed by atoms with E-state index in [4.69, 9.17) is 5.84 Å². The fourth-order valence-electron chi connectivity index (χ4n) is 1.85. The minimum atomic E-state index is 0.337. The minimum Gasteiger partial charge on any atom is -0.308 e. The first kappa shape index (κ1) is 13.5. The van der Waals surface area contributed by atoms with Gasteiger partial charge in [-0.25, -0.2) is 15.8 Å². The first-order valence-corrected chi connectivity index (χ1v) is 6.59. The highest BCUT2D eigenvalue weighted by Crippen LogP contribution is 2.22. The van der Waals surface area contributed by atoms with Gasteiger partial charge in [-0.15, -0.1) is 0 Å². The van der Waals surface area contributed by atoms with Gasteiger partial charge in [0.15, 0.2) is 5.82 Å². The lowest BCUT2D eigenvalue weighted by molar-refractivity contribution is 0.817. The number of nitrogens with zero attached hydrogens (tertiary/aromatic N) is 2. The van der Waals surface area contributed by atoms with E-state index in [9.17, 15) is 0 Å². The summed E-state index contributed by atoms with van der Waals surface area (Å²) >= 11 is 0. The molecule has 1 aromatic carbocycles. The smallest absolute Gasteiger partial charge is 0.161 e.